The first-order valence-electron chi connectivity index (χ1n) is 12.6. The lowest BCUT2D eigenvalue weighted by Crippen LogP contribution is -2.43. The van der Waals surface area contributed by atoms with Crippen molar-refractivity contribution in [1.29, 1.82) is 0 Å². The number of methoxy groups -OCH3 is 1. The van der Waals surface area contributed by atoms with Gasteiger partial charge in [0.1, 0.15) is 16.4 Å². The molecular weight excluding hydrogens is 462 g/mol. The van der Waals surface area contributed by atoms with E-state index in [1.54, 1.807) is 7.11 Å². The molecule has 2 N–H and O–H groups in total. The lowest BCUT2D eigenvalue weighted by molar-refractivity contribution is -0.00502. The maximum absolute atomic E-state index is 13.2. The van der Waals surface area contributed by atoms with Crippen LogP contribution in [0.15, 0.2) is 34.4 Å². The Morgan fingerprint density at radius 3 is 2.60 bits per heavy atom. The van der Waals surface area contributed by atoms with Gasteiger partial charge < -0.3 is 19.6 Å². The van der Waals surface area contributed by atoms with Gasteiger partial charge in [0, 0.05) is 30.1 Å². The van der Waals surface area contributed by atoms with Gasteiger partial charge in [-0.1, -0.05) is 45.2 Å². The van der Waals surface area contributed by atoms with Gasteiger partial charge in [-0.15, -0.1) is 11.3 Å². The van der Waals surface area contributed by atoms with Gasteiger partial charge in [-0.05, 0) is 36.5 Å². The molecule has 1 aliphatic rings. The average Bonchev–Trinajstić information content (AvgIpc) is 3.28. The molecule has 1 saturated carbocycles. The maximum atomic E-state index is 13.2. The number of aliphatic hydroxyl groups excluding tert-OH is 1. The number of nitrogens with zero attached hydrogens (tertiary/aromatic N) is 2. The lowest BCUT2D eigenvalue weighted by Gasteiger charge is -2.35. The van der Waals surface area contributed by atoms with Gasteiger partial charge in [0.05, 0.1) is 31.8 Å². The van der Waals surface area contributed by atoms with Gasteiger partial charge in [-0.2, -0.15) is 0 Å². The molecule has 2 heterocycles. The summed E-state index contributed by atoms with van der Waals surface area (Å²) < 4.78 is 10.9. The Morgan fingerprint density at radius 2 is 1.91 bits per heavy atom. The highest BCUT2D eigenvalue weighted by Crippen LogP contribution is 2.32. The second-order valence-electron chi connectivity index (χ2n) is 9.88. The van der Waals surface area contributed by atoms with Gasteiger partial charge >= 0.3 is 0 Å². The van der Waals surface area contributed by atoms with Crippen molar-refractivity contribution in [2.45, 2.75) is 64.6 Å². The third-order valence-corrected chi connectivity index (χ3v) is 7.42. The minimum absolute atomic E-state index is 0.124. The highest BCUT2D eigenvalue weighted by atomic mass is 32.1. The number of aromatic amines is 1. The second-order valence-corrected chi connectivity index (χ2v) is 10.7. The van der Waals surface area contributed by atoms with Crippen LogP contribution in [0.25, 0.3) is 21.3 Å². The van der Waals surface area contributed by atoms with Crippen molar-refractivity contribution in [1.82, 2.24) is 14.9 Å². The van der Waals surface area contributed by atoms with E-state index in [2.05, 4.69) is 23.7 Å². The van der Waals surface area contributed by atoms with Crippen molar-refractivity contribution in [3.63, 3.8) is 0 Å². The summed E-state index contributed by atoms with van der Waals surface area (Å²) >= 11 is 1.49. The van der Waals surface area contributed by atoms with Crippen molar-refractivity contribution < 1.29 is 14.6 Å². The van der Waals surface area contributed by atoms with E-state index >= 15 is 0 Å². The number of nitrogens with one attached hydrogen (secondary N) is 1. The third kappa shape index (κ3) is 6.70. The number of ether oxygens (including phenoxy) is 2. The Bertz CT molecular complexity index is 1140. The van der Waals surface area contributed by atoms with Crippen LogP contribution in [-0.4, -0.2) is 59.0 Å². The molecule has 0 spiro atoms. The highest BCUT2D eigenvalue weighted by Gasteiger charge is 2.25. The van der Waals surface area contributed by atoms with E-state index in [4.69, 9.17) is 14.5 Å². The van der Waals surface area contributed by atoms with E-state index in [1.807, 2.05) is 29.6 Å². The quantitative estimate of drug-likeness (QED) is 0.393. The molecule has 0 radical (unpaired) electrons. The Balaban J connectivity index is 1.54. The molecule has 0 aliphatic heterocycles. The van der Waals surface area contributed by atoms with Gasteiger partial charge in [-0.3, -0.25) is 9.69 Å². The van der Waals surface area contributed by atoms with E-state index in [1.165, 1.54) is 30.6 Å². The molecule has 4 rings (SSSR count). The molecule has 1 atom stereocenters. The van der Waals surface area contributed by atoms with Crippen LogP contribution in [-0.2, 0) is 11.3 Å². The number of hydrogen-bond acceptors (Lipinski definition) is 7. The maximum Gasteiger partial charge on any atom is 0.260 e. The van der Waals surface area contributed by atoms with E-state index in [0.717, 1.165) is 34.5 Å². The number of aromatic nitrogens is 2. The minimum Gasteiger partial charge on any atom is -0.497 e. The summed E-state index contributed by atoms with van der Waals surface area (Å²) in [7, 11) is 1.64. The molecule has 0 amide bonds. The summed E-state index contributed by atoms with van der Waals surface area (Å²) in [4.78, 5) is 24.0. The Hall–Kier alpha value is -2.26. The summed E-state index contributed by atoms with van der Waals surface area (Å²) in [5.74, 6) is 1.86. The minimum atomic E-state index is -0.574. The Morgan fingerprint density at radius 1 is 1.17 bits per heavy atom. The van der Waals surface area contributed by atoms with Crippen LogP contribution < -0.4 is 10.3 Å². The molecule has 0 saturated heterocycles. The molecule has 3 aromatic rings. The summed E-state index contributed by atoms with van der Waals surface area (Å²) in [5.41, 5.74) is 1.72. The molecule has 1 aromatic carbocycles. The molecule has 7 nitrogen and oxygen atoms in total. The van der Waals surface area contributed by atoms with Crippen LogP contribution in [0.5, 0.6) is 5.75 Å². The van der Waals surface area contributed by atoms with Crippen LogP contribution in [0.3, 0.4) is 0 Å². The van der Waals surface area contributed by atoms with Crippen LogP contribution in [0.1, 0.15) is 51.8 Å². The fourth-order valence-electron chi connectivity index (χ4n) is 4.80. The first-order chi connectivity index (χ1) is 16.9. The molecule has 1 fully saturated rings. The number of hydrogen-bond donors (Lipinski definition) is 2. The average molecular weight is 500 g/mol. The molecule has 190 valence electrons. The molecule has 0 bridgehead atoms. The first-order valence-corrected chi connectivity index (χ1v) is 13.5. The molecular formula is C27H37N3O4S. The fourth-order valence-corrected chi connectivity index (χ4v) is 5.76. The zero-order valence-corrected chi connectivity index (χ0v) is 21.8. The summed E-state index contributed by atoms with van der Waals surface area (Å²) in [6.45, 7) is 6.17. The van der Waals surface area contributed by atoms with E-state index in [-0.39, 0.29) is 5.56 Å². The summed E-state index contributed by atoms with van der Waals surface area (Å²) in [5, 5.41) is 13.3. The van der Waals surface area contributed by atoms with Crippen LogP contribution >= 0.6 is 11.3 Å². The normalized spacial score (nSPS) is 15.8. The van der Waals surface area contributed by atoms with Crippen molar-refractivity contribution >= 4 is 21.6 Å². The molecule has 0 unspecified atom stereocenters. The van der Waals surface area contributed by atoms with E-state index in [9.17, 15) is 9.90 Å². The van der Waals surface area contributed by atoms with Crippen molar-refractivity contribution in [2.75, 3.05) is 26.9 Å². The van der Waals surface area contributed by atoms with Crippen molar-refractivity contribution in [3.05, 3.63) is 45.8 Å². The van der Waals surface area contributed by atoms with Gasteiger partial charge in [0.15, 0.2) is 0 Å². The van der Waals surface area contributed by atoms with Crippen LogP contribution in [0.4, 0.5) is 0 Å². The molecule has 2 aromatic heterocycles. The predicted octanol–water partition coefficient (Wildman–Crippen LogP) is 4.83. The Kier molecular flexibility index (Phi) is 8.94. The van der Waals surface area contributed by atoms with Crippen LogP contribution in [0.2, 0.25) is 0 Å². The zero-order valence-electron chi connectivity index (χ0n) is 21.0. The second kappa shape index (κ2) is 12.1. The summed E-state index contributed by atoms with van der Waals surface area (Å²) in [6, 6.07) is 8.09. The monoisotopic (exact) mass is 499 g/mol. The number of benzene rings is 1. The van der Waals surface area contributed by atoms with Crippen molar-refractivity contribution in [2.24, 2.45) is 5.92 Å². The molecule has 35 heavy (non-hydrogen) atoms. The lowest BCUT2D eigenvalue weighted by atomic mass is 9.94. The van der Waals surface area contributed by atoms with E-state index < -0.39 is 6.10 Å². The summed E-state index contributed by atoms with van der Waals surface area (Å²) in [6.07, 6.45) is 5.28. The number of rotatable bonds is 11. The van der Waals surface area contributed by atoms with Gasteiger partial charge in [0.2, 0.25) is 0 Å². The van der Waals surface area contributed by atoms with E-state index in [0.29, 0.717) is 49.5 Å². The van der Waals surface area contributed by atoms with Gasteiger partial charge in [-0.25, -0.2) is 4.98 Å². The smallest absolute Gasteiger partial charge is 0.260 e. The number of thiophene rings is 1. The topological polar surface area (TPSA) is 87.7 Å². The van der Waals surface area contributed by atoms with Gasteiger partial charge in [0.25, 0.3) is 5.56 Å². The number of aliphatic hydroxyl groups is 1. The SMILES string of the molecule is COc1ccc(-c2csc3nc(CN(C[C@H](O)COCC(C)C)C4CCCCC4)[nH]c(=O)c23)cc1. The standard InChI is InChI=1S/C27H37N3O4S/c1-18(2)15-34-16-21(31)13-30(20-7-5-4-6-8-20)14-24-28-26(32)25-23(17-35-27(25)29-24)19-9-11-22(33-3)12-10-19/h9-12,17-18,20-21,31H,4-8,13-16H2,1-3H3,(H,28,29,32)/t21-/m0/s1. The predicted molar refractivity (Wildman–Crippen MR) is 141 cm³/mol. The van der Waals surface area contributed by atoms with Crippen molar-refractivity contribution in [3.8, 4) is 16.9 Å². The largest absolute Gasteiger partial charge is 0.497 e. The number of H-pyrrole nitrogens is 1. The Labute approximate surface area is 211 Å². The first kappa shape index (κ1) is 25.8. The number of fused-ring (bicyclic) bond motifs is 1. The van der Waals surface area contributed by atoms with Crippen LogP contribution in [0, 0.1) is 5.92 Å². The zero-order chi connectivity index (χ0) is 24.8. The third-order valence-electron chi connectivity index (χ3n) is 6.54. The fraction of sp³-hybridized carbons (Fsp3) is 0.556. The highest BCUT2D eigenvalue weighted by molar-refractivity contribution is 7.17. The molecule has 8 heteroatoms. The molecule has 1 aliphatic carbocycles.